The van der Waals surface area contributed by atoms with Crippen molar-refractivity contribution in [2.45, 2.75) is 38.1 Å². The highest BCUT2D eigenvalue weighted by Gasteiger charge is 2.51. The normalized spacial score (nSPS) is 30.3. The van der Waals surface area contributed by atoms with Gasteiger partial charge in [-0.1, -0.05) is 0 Å². The van der Waals surface area contributed by atoms with Crippen LogP contribution in [0.5, 0.6) is 0 Å². The molecule has 0 spiro atoms. The number of amides is 1. The molecule has 4 unspecified atom stereocenters. The van der Waals surface area contributed by atoms with Crippen LogP contribution in [0.15, 0.2) is 24.5 Å². The Morgan fingerprint density at radius 1 is 1.24 bits per heavy atom. The van der Waals surface area contributed by atoms with E-state index in [0.717, 1.165) is 24.8 Å². The van der Waals surface area contributed by atoms with Gasteiger partial charge in [0.1, 0.15) is 0 Å². The molecule has 0 radical (unpaired) electrons. The molecule has 2 saturated carbocycles. The van der Waals surface area contributed by atoms with E-state index in [9.17, 15) is 14.7 Å². The molecule has 2 aliphatic carbocycles. The Morgan fingerprint density at radius 3 is 2.67 bits per heavy atom. The molecule has 1 aromatic heterocycles. The maximum absolute atomic E-state index is 12.1. The fraction of sp³-hybridized carbons (Fsp3) is 0.562. The molecule has 1 amide bonds. The van der Waals surface area contributed by atoms with Crippen LogP contribution in [0.2, 0.25) is 0 Å². The van der Waals surface area contributed by atoms with Crippen molar-refractivity contribution in [3.63, 3.8) is 0 Å². The van der Waals surface area contributed by atoms with E-state index in [1.165, 1.54) is 0 Å². The fourth-order valence-corrected chi connectivity index (χ4v) is 3.92. The van der Waals surface area contributed by atoms with Crippen LogP contribution in [-0.4, -0.2) is 28.0 Å². The molecule has 5 nitrogen and oxygen atoms in total. The SMILES string of the molecule is O=C(CCc1ccncc1)NC1C2CCC(C2)C1C(=O)O. The third kappa shape index (κ3) is 2.91. The molecule has 3 rings (SSSR count). The molecular weight excluding hydrogens is 268 g/mol. The second kappa shape index (κ2) is 5.84. The van der Waals surface area contributed by atoms with Crippen LogP contribution in [-0.2, 0) is 16.0 Å². The number of nitrogens with one attached hydrogen (secondary N) is 1. The molecule has 2 fully saturated rings. The maximum atomic E-state index is 12.1. The van der Waals surface area contributed by atoms with Gasteiger partial charge in [-0.25, -0.2) is 0 Å². The summed E-state index contributed by atoms with van der Waals surface area (Å²) in [5.74, 6) is -0.607. The summed E-state index contributed by atoms with van der Waals surface area (Å²) in [5, 5.41) is 12.3. The zero-order valence-electron chi connectivity index (χ0n) is 11.9. The number of hydrogen-bond donors (Lipinski definition) is 2. The maximum Gasteiger partial charge on any atom is 0.308 e. The first-order valence-corrected chi connectivity index (χ1v) is 7.56. The molecule has 1 heterocycles. The highest BCUT2D eigenvalue weighted by molar-refractivity contribution is 5.79. The van der Waals surface area contributed by atoms with E-state index in [0.29, 0.717) is 18.8 Å². The summed E-state index contributed by atoms with van der Waals surface area (Å²) in [5.41, 5.74) is 1.07. The third-order valence-corrected chi connectivity index (χ3v) is 4.92. The summed E-state index contributed by atoms with van der Waals surface area (Å²) in [4.78, 5) is 27.4. The molecular formula is C16H20N2O3. The third-order valence-electron chi connectivity index (χ3n) is 4.92. The topological polar surface area (TPSA) is 79.3 Å². The minimum Gasteiger partial charge on any atom is -0.481 e. The van der Waals surface area contributed by atoms with Gasteiger partial charge in [0, 0.05) is 24.9 Å². The summed E-state index contributed by atoms with van der Waals surface area (Å²) in [6.07, 6.45) is 7.46. The zero-order valence-corrected chi connectivity index (χ0v) is 11.9. The number of aliphatic carboxylic acids is 1. The molecule has 1 aromatic rings. The van der Waals surface area contributed by atoms with Crippen LogP contribution in [0.1, 0.15) is 31.2 Å². The van der Waals surface area contributed by atoms with Gasteiger partial charge in [0.25, 0.3) is 0 Å². The Labute approximate surface area is 123 Å². The Balaban J connectivity index is 1.56. The van der Waals surface area contributed by atoms with E-state index in [1.807, 2.05) is 12.1 Å². The predicted molar refractivity (Wildman–Crippen MR) is 76.4 cm³/mol. The fourth-order valence-electron chi connectivity index (χ4n) is 3.92. The Kier molecular flexibility index (Phi) is 3.90. The molecule has 2 bridgehead atoms. The molecule has 4 atom stereocenters. The minimum atomic E-state index is -0.762. The lowest BCUT2D eigenvalue weighted by atomic mass is 9.84. The van der Waals surface area contributed by atoms with Gasteiger partial charge in [-0.3, -0.25) is 14.6 Å². The second-order valence-corrected chi connectivity index (χ2v) is 6.15. The average molecular weight is 288 g/mol. The molecule has 0 aliphatic heterocycles. The Hall–Kier alpha value is -1.91. The van der Waals surface area contributed by atoms with Crippen molar-refractivity contribution in [3.8, 4) is 0 Å². The van der Waals surface area contributed by atoms with E-state index >= 15 is 0 Å². The van der Waals surface area contributed by atoms with Crippen LogP contribution in [0.4, 0.5) is 0 Å². The van der Waals surface area contributed by atoms with Crippen molar-refractivity contribution in [2.75, 3.05) is 0 Å². The van der Waals surface area contributed by atoms with Crippen molar-refractivity contribution in [1.29, 1.82) is 0 Å². The smallest absolute Gasteiger partial charge is 0.308 e. The number of hydrogen-bond acceptors (Lipinski definition) is 3. The number of fused-ring (bicyclic) bond motifs is 2. The van der Waals surface area contributed by atoms with Crippen molar-refractivity contribution < 1.29 is 14.7 Å². The van der Waals surface area contributed by atoms with Crippen LogP contribution < -0.4 is 5.32 Å². The van der Waals surface area contributed by atoms with E-state index in [4.69, 9.17) is 0 Å². The monoisotopic (exact) mass is 288 g/mol. The van der Waals surface area contributed by atoms with Crippen molar-refractivity contribution in [2.24, 2.45) is 17.8 Å². The van der Waals surface area contributed by atoms with E-state index in [1.54, 1.807) is 12.4 Å². The van der Waals surface area contributed by atoms with Crippen molar-refractivity contribution in [3.05, 3.63) is 30.1 Å². The second-order valence-electron chi connectivity index (χ2n) is 6.15. The number of aryl methyl sites for hydroxylation is 1. The van der Waals surface area contributed by atoms with Gasteiger partial charge in [-0.2, -0.15) is 0 Å². The first-order valence-electron chi connectivity index (χ1n) is 7.56. The number of nitrogens with zero attached hydrogens (tertiary/aromatic N) is 1. The van der Waals surface area contributed by atoms with Crippen molar-refractivity contribution in [1.82, 2.24) is 10.3 Å². The Bertz CT molecular complexity index is 532. The summed E-state index contributed by atoms with van der Waals surface area (Å²) < 4.78 is 0. The molecule has 5 heteroatoms. The lowest BCUT2D eigenvalue weighted by molar-refractivity contribution is -0.144. The molecule has 0 saturated heterocycles. The van der Waals surface area contributed by atoms with E-state index in [-0.39, 0.29) is 17.9 Å². The molecule has 0 aromatic carbocycles. The number of carbonyl (C=O) groups is 2. The summed E-state index contributed by atoms with van der Waals surface area (Å²) in [6, 6.07) is 3.61. The molecule has 2 N–H and O–H groups in total. The minimum absolute atomic E-state index is 0.0457. The van der Waals surface area contributed by atoms with Crippen LogP contribution >= 0.6 is 0 Å². The summed E-state index contributed by atoms with van der Waals surface area (Å²) >= 11 is 0. The lowest BCUT2D eigenvalue weighted by Crippen LogP contribution is -2.46. The lowest BCUT2D eigenvalue weighted by Gasteiger charge is -2.28. The van der Waals surface area contributed by atoms with Crippen LogP contribution in [0.3, 0.4) is 0 Å². The van der Waals surface area contributed by atoms with Gasteiger partial charge in [-0.05, 0) is 55.2 Å². The first kappa shape index (κ1) is 14.0. The molecule has 2 aliphatic rings. The van der Waals surface area contributed by atoms with E-state index < -0.39 is 11.9 Å². The number of carboxylic acid groups (broad SMARTS) is 1. The van der Waals surface area contributed by atoms with Gasteiger partial charge >= 0.3 is 5.97 Å². The standard InChI is InChI=1S/C16H20N2O3/c19-13(4-1-10-5-7-17-8-6-10)18-15-12-3-2-11(9-12)14(15)16(20)21/h5-8,11-12,14-15H,1-4,9H2,(H,18,19)(H,20,21). The largest absolute Gasteiger partial charge is 0.481 e. The number of carboxylic acids is 1. The quantitative estimate of drug-likeness (QED) is 0.863. The van der Waals surface area contributed by atoms with Gasteiger partial charge < -0.3 is 10.4 Å². The summed E-state index contributed by atoms with van der Waals surface area (Å²) in [7, 11) is 0. The zero-order chi connectivity index (χ0) is 14.8. The summed E-state index contributed by atoms with van der Waals surface area (Å²) in [6.45, 7) is 0. The number of carbonyl (C=O) groups excluding carboxylic acids is 1. The van der Waals surface area contributed by atoms with Crippen molar-refractivity contribution >= 4 is 11.9 Å². The highest BCUT2D eigenvalue weighted by atomic mass is 16.4. The highest BCUT2D eigenvalue weighted by Crippen LogP contribution is 2.48. The average Bonchev–Trinajstić information content (AvgIpc) is 3.07. The van der Waals surface area contributed by atoms with E-state index in [2.05, 4.69) is 10.3 Å². The number of rotatable bonds is 5. The van der Waals surface area contributed by atoms with Gasteiger partial charge in [0.15, 0.2) is 0 Å². The molecule has 112 valence electrons. The predicted octanol–water partition coefficient (Wildman–Crippen LogP) is 1.63. The first-order chi connectivity index (χ1) is 10.1. The van der Waals surface area contributed by atoms with Gasteiger partial charge in [0.2, 0.25) is 5.91 Å². The Morgan fingerprint density at radius 2 is 1.95 bits per heavy atom. The van der Waals surface area contributed by atoms with Gasteiger partial charge in [-0.15, -0.1) is 0 Å². The van der Waals surface area contributed by atoms with Crippen LogP contribution in [0, 0.1) is 17.8 Å². The van der Waals surface area contributed by atoms with Gasteiger partial charge in [0.05, 0.1) is 5.92 Å². The molecule has 21 heavy (non-hydrogen) atoms. The number of aromatic nitrogens is 1. The van der Waals surface area contributed by atoms with Crippen LogP contribution in [0.25, 0.3) is 0 Å². The number of pyridine rings is 1.